The lowest BCUT2D eigenvalue weighted by molar-refractivity contribution is 0.0224. The maximum absolute atomic E-state index is 6.30. The molecule has 0 heterocycles. The van der Waals surface area contributed by atoms with Gasteiger partial charge in [-0.3, -0.25) is 0 Å². The van der Waals surface area contributed by atoms with Crippen molar-refractivity contribution in [2.24, 2.45) is 5.41 Å². The molecule has 0 aromatic heterocycles. The molecule has 2 nitrogen and oxygen atoms in total. The quantitative estimate of drug-likeness (QED) is 0.459. The van der Waals surface area contributed by atoms with E-state index in [1.165, 1.54) is 31.2 Å². The van der Waals surface area contributed by atoms with Crippen LogP contribution in [0.25, 0.3) is 0 Å². The largest absolute Gasteiger partial charge is 0.493 e. The highest BCUT2D eigenvalue weighted by molar-refractivity contribution is 9.10. The monoisotopic (exact) mass is 436 g/mol. The Bertz CT molecular complexity index is 709. The van der Waals surface area contributed by atoms with Crippen LogP contribution in [0, 0.1) is 5.41 Å². The molecule has 0 unspecified atom stereocenters. The van der Waals surface area contributed by atoms with Crippen molar-refractivity contribution >= 4 is 27.5 Å². The summed E-state index contributed by atoms with van der Waals surface area (Å²) in [4.78, 5) is 0. The third-order valence-corrected chi connectivity index (χ3v) is 6.01. The fourth-order valence-corrected chi connectivity index (χ4v) is 4.21. The average Bonchev–Trinajstić information content (AvgIpc) is 3.12. The van der Waals surface area contributed by atoms with E-state index >= 15 is 0 Å². The van der Waals surface area contributed by atoms with E-state index in [1.807, 2.05) is 12.1 Å². The molecule has 0 atom stereocenters. The number of hydrogen-bond donors (Lipinski definition) is 0. The van der Waals surface area contributed by atoms with E-state index in [9.17, 15) is 0 Å². The molecular weight excluding hydrogens is 412 g/mol. The van der Waals surface area contributed by atoms with Crippen LogP contribution in [0.5, 0.6) is 5.75 Å². The molecule has 1 fully saturated rings. The predicted octanol–water partition coefficient (Wildman–Crippen LogP) is 6.67. The number of benzene rings is 2. The van der Waals surface area contributed by atoms with Gasteiger partial charge in [-0.15, -0.1) is 0 Å². The SMILES string of the molecule is CCOCC1(COc2ccc(Cc3cc(Br)ccc3Cl)cc2)CCCC1. The van der Waals surface area contributed by atoms with Gasteiger partial charge in [-0.25, -0.2) is 0 Å². The summed E-state index contributed by atoms with van der Waals surface area (Å²) in [5, 5.41) is 0.799. The van der Waals surface area contributed by atoms with E-state index in [0.717, 1.165) is 47.0 Å². The molecule has 26 heavy (non-hydrogen) atoms. The summed E-state index contributed by atoms with van der Waals surface area (Å²) < 4.78 is 12.9. The molecule has 1 aliphatic carbocycles. The van der Waals surface area contributed by atoms with Crippen molar-refractivity contribution < 1.29 is 9.47 Å². The molecule has 0 amide bonds. The first kappa shape index (κ1) is 19.7. The number of halogens is 2. The van der Waals surface area contributed by atoms with Crippen LogP contribution in [0.4, 0.5) is 0 Å². The van der Waals surface area contributed by atoms with Gasteiger partial charge in [-0.05, 0) is 67.6 Å². The van der Waals surface area contributed by atoms with Gasteiger partial charge < -0.3 is 9.47 Å². The van der Waals surface area contributed by atoms with Gasteiger partial charge in [0, 0.05) is 21.5 Å². The maximum Gasteiger partial charge on any atom is 0.119 e. The number of hydrogen-bond acceptors (Lipinski definition) is 2. The van der Waals surface area contributed by atoms with Crippen LogP contribution >= 0.6 is 27.5 Å². The fourth-order valence-electron chi connectivity index (χ4n) is 3.61. The van der Waals surface area contributed by atoms with Gasteiger partial charge in [-0.1, -0.05) is 52.5 Å². The first-order valence-corrected chi connectivity index (χ1v) is 10.5. The van der Waals surface area contributed by atoms with Crippen LogP contribution in [0.3, 0.4) is 0 Å². The van der Waals surface area contributed by atoms with E-state index in [0.29, 0.717) is 0 Å². The van der Waals surface area contributed by atoms with Crippen molar-refractivity contribution in [3.63, 3.8) is 0 Å². The predicted molar refractivity (Wildman–Crippen MR) is 111 cm³/mol. The van der Waals surface area contributed by atoms with Crippen molar-refractivity contribution in [2.45, 2.75) is 39.0 Å². The minimum atomic E-state index is 0.193. The van der Waals surface area contributed by atoms with Crippen LogP contribution in [-0.4, -0.2) is 19.8 Å². The zero-order valence-corrected chi connectivity index (χ0v) is 17.6. The number of ether oxygens (including phenoxy) is 2. The number of rotatable bonds is 8. The van der Waals surface area contributed by atoms with Gasteiger partial charge in [0.1, 0.15) is 5.75 Å². The lowest BCUT2D eigenvalue weighted by Crippen LogP contribution is -2.30. The Morgan fingerprint density at radius 1 is 1.04 bits per heavy atom. The summed E-state index contributed by atoms with van der Waals surface area (Å²) >= 11 is 9.81. The van der Waals surface area contributed by atoms with Crippen LogP contribution in [0.15, 0.2) is 46.9 Å². The normalized spacial score (nSPS) is 16.0. The maximum atomic E-state index is 6.30. The minimum Gasteiger partial charge on any atom is -0.493 e. The molecule has 4 heteroatoms. The molecule has 2 aromatic carbocycles. The first-order chi connectivity index (χ1) is 12.6. The lowest BCUT2D eigenvalue weighted by Gasteiger charge is -2.28. The molecule has 2 aromatic rings. The Balaban J connectivity index is 1.59. The molecule has 0 aliphatic heterocycles. The average molecular weight is 438 g/mol. The molecule has 3 rings (SSSR count). The Morgan fingerprint density at radius 3 is 2.46 bits per heavy atom. The van der Waals surface area contributed by atoms with E-state index in [2.05, 4.69) is 53.2 Å². The van der Waals surface area contributed by atoms with Crippen LogP contribution in [0.2, 0.25) is 5.02 Å². The van der Waals surface area contributed by atoms with Crippen molar-refractivity contribution in [3.05, 3.63) is 63.1 Å². The summed E-state index contributed by atoms with van der Waals surface area (Å²) in [7, 11) is 0. The molecule has 0 N–H and O–H groups in total. The van der Waals surface area contributed by atoms with E-state index < -0.39 is 0 Å². The van der Waals surface area contributed by atoms with E-state index in [-0.39, 0.29) is 5.41 Å². The highest BCUT2D eigenvalue weighted by Gasteiger charge is 2.35. The van der Waals surface area contributed by atoms with Crippen molar-refractivity contribution in [3.8, 4) is 5.75 Å². The molecule has 1 saturated carbocycles. The molecular formula is C22H26BrClO2. The third-order valence-electron chi connectivity index (χ3n) is 5.15. The molecule has 0 bridgehead atoms. The van der Waals surface area contributed by atoms with Gasteiger partial charge in [0.2, 0.25) is 0 Å². The summed E-state index contributed by atoms with van der Waals surface area (Å²) in [5.74, 6) is 0.928. The topological polar surface area (TPSA) is 18.5 Å². The van der Waals surface area contributed by atoms with Crippen LogP contribution < -0.4 is 4.74 Å². The van der Waals surface area contributed by atoms with E-state index in [4.69, 9.17) is 21.1 Å². The van der Waals surface area contributed by atoms with E-state index in [1.54, 1.807) is 0 Å². The second-order valence-corrected chi connectivity index (χ2v) is 8.51. The fraction of sp³-hybridized carbons (Fsp3) is 0.455. The Hall–Kier alpha value is -1.03. The second-order valence-electron chi connectivity index (χ2n) is 7.19. The van der Waals surface area contributed by atoms with Crippen molar-refractivity contribution in [2.75, 3.05) is 19.8 Å². The zero-order chi connectivity index (χ0) is 18.4. The summed E-state index contributed by atoms with van der Waals surface area (Å²) in [5.41, 5.74) is 2.54. The Labute approximate surface area is 170 Å². The molecule has 0 radical (unpaired) electrons. The summed E-state index contributed by atoms with van der Waals surface area (Å²) in [6, 6.07) is 14.3. The van der Waals surface area contributed by atoms with Gasteiger partial charge >= 0.3 is 0 Å². The van der Waals surface area contributed by atoms with Gasteiger partial charge in [0.25, 0.3) is 0 Å². The van der Waals surface area contributed by atoms with Gasteiger partial charge in [-0.2, -0.15) is 0 Å². The minimum absolute atomic E-state index is 0.193. The third kappa shape index (κ3) is 5.25. The highest BCUT2D eigenvalue weighted by Crippen LogP contribution is 2.39. The molecule has 1 aliphatic rings. The van der Waals surface area contributed by atoms with Gasteiger partial charge in [0.05, 0.1) is 13.2 Å². The Kier molecular flexibility index (Phi) is 7.02. The Morgan fingerprint density at radius 2 is 1.77 bits per heavy atom. The van der Waals surface area contributed by atoms with Crippen molar-refractivity contribution in [1.29, 1.82) is 0 Å². The van der Waals surface area contributed by atoms with Crippen molar-refractivity contribution in [1.82, 2.24) is 0 Å². The standard InChI is InChI=1S/C22H26BrClO2/c1-2-25-15-22(11-3-4-12-22)16-26-20-8-5-17(6-9-20)13-18-14-19(23)7-10-21(18)24/h5-10,14H,2-4,11-13,15-16H2,1H3. The highest BCUT2D eigenvalue weighted by atomic mass is 79.9. The molecule has 0 saturated heterocycles. The molecule has 140 valence electrons. The van der Waals surface area contributed by atoms with Crippen LogP contribution in [-0.2, 0) is 11.2 Å². The summed E-state index contributed by atoms with van der Waals surface area (Å²) in [6.45, 7) is 4.38. The lowest BCUT2D eigenvalue weighted by atomic mass is 9.88. The van der Waals surface area contributed by atoms with Crippen LogP contribution in [0.1, 0.15) is 43.7 Å². The van der Waals surface area contributed by atoms with Gasteiger partial charge in [0.15, 0.2) is 0 Å². The second kappa shape index (κ2) is 9.25. The summed E-state index contributed by atoms with van der Waals surface area (Å²) in [6.07, 6.45) is 5.78. The molecule has 0 spiro atoms. The first-order valence-electron chi connectivity index (χ1n) is 9.34. The zero-order valence-electron chi connectivity index (χ0n) is 15.3. The smallest absolute Gasteiger partial charge is 0.119 e.